The maximum absolute atomic E-state index is 12.3. The first-order valence-corrected chi connectivity index (χ1v) is 9.70. The predicted molar refractivity (Wildman–Crippen MR) is 108 cm³/mol. The van der Waals surface area contributed by atoms with Crippen molar-refractivity contribution in [2.24, 2.45) is 10.8 Å². The van der Waals surface area contributed by atoms with Gasteiger partial charge >= 0.3 is 0 Å². The van der Waals surface area contributed by atoms with E-state index < -0.39 is 0 Å². The van der Waals surface area contributed by atoms with Gasteiger partial charge in [0.15, 0.2) is 0 Å². The monoisotopic (exact) mass is 346 g/mol. The molecule has 0 aliphatic rings. The third-order valence-corrected chi connectivity index (χ3v) is 3.26. The summed E-state index contributed by atoms with van der Waals surface area (Å²) in [7, 11) is 0. The zero-order chi connectivity index (χ0) is 19.8. The smallest absolute Gasteiger partial charge is 0.225 e. The fourth-order valence-corrected chi connectivity index (χ4v) is 2.44. The molecule has 24 heavy (non-hydrogen) atoms. The van der Waals surface area contributed by atoms with Crippen LogP contribution in [0.1, 0.15) is 82.6 Å². The van der Waals surface area contributed by atoms with E-state index in [0.29, 0.717) is 25.8 Å². The standard InChI is InChI=1S/C16H34N2O2.2C2H6/c1-8-20-10-9-17-14(19)16(6,7)11-15(4,5)12-18-13(2)3;2*1-2/h13,18H,8-12H2,1-7H3,(H,17,19);2*1-2H3. The zero-order valence-corrected chi connectivity index (χ0v) is 18.4. The lowest BCUT2D eigenvalue weighted by Crippen LogP contribution is -2.43. The SMILES string of the molecule is CC.CC.CCOCCNC(=O)C(C)(C)CC(C)(C)CNC(C)C. The normalized spacial score (nSPS) is 11.2. The Balaban J connectivity index is -0.00000102. The van der Waals surface area contributed by atoms with Crippen LogP contribution in [-0.2, 0) is 9.53 Å². The number of rotatable bonds is 10. The van der Waals surface area contributed by atoms with Crippen LogP contribution < -0.4 is 10.6 Å². The topological polar surface area (TPSA) is 50.4 Å². The van der Waals surface area contributed by atoms with Crippen LogP contribution in [0.5, 0.6) is 0 Å². The Morgan fingerprint density at radius 1 is 1.04 bits per heavy atom. The Kier molecular flexibility index (Phi) is 18.7. The van der Waals surface area contributed by atoms with Crippen molar-refractivity contribution in [3.05, 3.63) is 0 Å². The Labute approximate surface area is 152 Å². The van der Waals surface area contributed by atoms with Gasteiger partial charge in [-0.1, -0.05) is 69.2 Å². The summed E-state index contributed by atoms with van der Waals surface area (Å²) in [4.78, 5) is 12.3. The molecular weight excluding hydrogens is 300 g/mol. The van der Waals surface area contributed by atoms with Crippen LogP contribution in [-0.4, -0.2) is 38.3 Å². The molecule has 4 heteroatoms. The van der Waals surface area contributed by atoms with Crippen LogP contribution >= 0.6 is 0 Å². The van der Waals surface area contributed by atoms with Crippen molar-refractivity contribution in [2.45, 2.75) is 88.6 Å². The van der Waals surface area contributed by atoms with Crippen molar-refractivity contribution < 1.29 is 9.53 Å². The Hall–Kier alpha value is -0.610. The van der Waals surface area contributed by atoms with Crippen LogP contribution in [0, 0.1) is 10.8 Å². The van der Waals surface area contributed by atoms with Crippen LogP contribution in [0.2, 0.25) is 0 Å². The van der Waals surface area contributed by atoms with Gasteiger partial charge in [-0.05, 0) is 18.8 Å². The van der Waals surface area contributed by atoms with Crippen molar-refractivity contribution in [2.75, 3.05) is 26.3 Å². The zero-order valence-electron chi connectivity index (χ0n) is 18.4. The van der Waals surface area contributed by atoms with Crippen molar-refractivity contribution in [1.82, 2.24) is 10.6 Å². The van der Waals surface area contributed by atoms with Gasteiger partial charge in [-0.3, -0.25) is 4.79 Å². The minimum absolute atomic E-state index is 0.0883. The van der Waals surface area contributed by atoms with Crippen molar-refractivity contribution in [1.29, 1.82) is 0 Å². The summed E-state index contributed by atoms with van der Waals surface area (Å²) >= 11 is 0. The molecule has 0 radical (unpaired) electrons. The first-order valence-electron chi connectivity index (χ1n) is 9.70. The van der Waals surface area contributed by atoms with Gasteiger partial charge in [0.1, 0.15) is 0 Å². The van der Waals surface area contributed by atoms with Gasteiger partial charge in [-0.2, -0.15) is 0 Å². The first-order chi connectivity index (χ1) is 11.1. The lowest BCUT2D eigenvalue weighted by Gasteiger charge is -2.34. The number of carbonyl (C=O) groups excluding carboxylic acids is 1. The van der Waals surface area contributed by atoms with E-state index in [-0.39, 0.29) is 16.7 Å². The quantitative estimate of drug-likeness (QED) is 0.567. The summed E-state index contributed by atoms with van der Waals surface area (Å²) in [6, 6.07) is 0.470. The van der Waals surface area contributed by atoms with Gasteiger partial charge in [0.25, 0.3) is 0 Å². The average Bonchev–Trinajstić information content (AvgIpc) is 2.52. The highest BCUT2D eigenvalue weighted by Gasteiger charge is 2.34. The molecule has 0 heterocycles. The Bertz CT molecular complexity index is 287. The summed E-state index contributed by atoms with van der Waals surface area (Å²) in [6.45, 7) is 25.4. The molecule has 0 bridgehead atoms. The Morgan fingerprint density at radius 3 is 1.96 bits per heavy atom. The largest absolute Gasteiger partial charge is 0.380 e. The van der Waals surface area contributed by atoms with E-state index in [2.05, 4.69) is 38.3 Å². The molecule has 0 unspecified atom stereocenters. The van der Waals surface area contributed by atoms with Crippen LogP contribution in [0.25, 0.3) is 0 Å². The number of ether oxygens (including phenoxy) is 1. The van der Waals surface area contributed by atoms with Crippen LogP contribution in [0.4, 0.5) is 0 Å². The molecule has 0 rings (SSSR count). The van der Waals surface area contributed by atoms with Crippen LogP contribution in [0.15, 0.2) is 0 Å². The second-order valence-corrected chi connectivity index (χ2v) is 7.21. The molecule has 0 aromatic heterocycles. The predicted octanol–water partition coefficient (Wildman–Crippen LogP) is 4.63. The highest BCUT2D eigenvalue weighted by Crippen LogP contribution is 2.33. The number of hydrogen-bond acceptors (Lipinski definition) is 3. The minimum atomic E-state index is -0.367. The highest BCUT2D eigenvalue weighted by atomic mass is 16.5. The lowest BCUT2D eigenvalue weighted by molar-refractivity contribution is -0.131. The van der Waals surface area contributed by atoms with E-state index in [1.807, 2.05) is 48.5 Å². The average molecular weight is 347 g/mol. The molecule has 0 saturated carbocycles. The molecule has 0 spiro atoms. The molecule has 4 nitrogen and oxygen atoms in total. The number of amides is 1. The molecule has 1 amide bonds. The maximum atomic E-state index is 12.3. The summed E-state index contributed by atoms with van der Waals surface area (Å²) in [5.41, 5.74) is -0.278. The molecule has 0 aromatic carbocycles. The molecular formula is C20H46N2O2. The third-order valence-electron chi connectivity index (χ3n) is 3.26. The van der Waals surface area contributed by atoms with Crippen molar-refractivity contribution in [3.8, 4) is 0 Å². The summed E-state index contributed by atoms with van der Waals surface area (Å²) in [6.07, 6.45) is 0.847. The molecule has 0 aliphatic carbocycles. The highest BCUT2D eigenvalue weighted by molar-refractivity contribution is 5.81. The van der Waals surface area contributed by atoms with Gasteiger partial charge in [0.05, 0.1) is 6.61 Å². The van der Waals surface area contributed by atoms with Gasteiger partial charge < -0.3 is 15.4 Å². The molecule has 0 fully saturated rings. The third kappa shape index (κ3) is 16.3. The summed E-state index contributed by atoms with van der Waals surface area (Å²) in [5, 5.41) is 6.42. The van der Waals surface area contributed by atoms with E-state index in [9.17, 15) is 4.79 Å². The van der Waals surface area contributed by atoms with Gasteiger partial charge in [0.2, 0.25) is 5.91 Å². The lowest BCUT2D eigenvalue weighted by atomic mass is 9.74. The van der Waals surface area contributed by atoms with E-state index >= 15 is 0 Å². The van der Waals surface area contributed by atoms with E-state index in [1.54, 1.807) is 0 Å². The first kappa shape index (κ1) is 28.2. The molecule has 0 saturated heterocycles. The van der Waals surface area contributed by atoms with Gasteiger partial charge in [-0.15, -0.1) is 0 Å². The molecule has 2 N–H and O–H groups in total. The van der Waals surface area contributed by atoms with Crippen molar-refractivity contribution >= 4 is 5.91 Å². The molecule has 0 aliphatic heterocycles. The molecule has 0 aromatic rings. The fraction of sp³-hybridized carbons (Fsp3) is 0.950. The van der Waals surface area contributed by atoms with Gasteiger partial charge in [-0.25, -0.2) is 0 Å². The fourth-order valence-electron chi connectivity index (χ4n) is 2.44. The second kappa shape index (κ2) is 15.9. The van der Waals surface area contributed by atoms with E-state index in [0.717, 1.165) is 13.0 Å². The summed E-state index contributed by atoms with van der Waals surface area (Å²) in [5.74, 6) is 0.106. The maximum Gasteiger partial charge on any atom is 0.225 e. The molecule has 0 atom stereocenters. The number of hydrogen-bond donors (Lipinski definition) is 2. The van der Waals surface area contributed by atoms with E-state index in [1.165, 1.54) is 0 Å². The van der Waals surface area contributed by atoms with Crippen LogP contribution in [0.3, 0.4) is 0 Å². The molecule has 148 valence electrons. The second-order valence-electron chi connectivity index (χ2n) is 7.21. The summed E-state index contributed by atoms with van der Waals surface area (Å²) < 4.78 is 5.24. The Morgan fingerprint density at radius 2 is 1.54 bits per heavy atom. The van der Waals surface area contributed by atoms with E-state index in [4.69, 9.17) is 4.74 Å². The number of carbonyl (C=O) groups is 1. The van der Waals surface area contributed by atoms with Gasteiger partial charge in [0, 0.05) is 31.2 Å². The van der Waals surface area contributed by atoms with Crippen molar-refractivity contribution in [3.63, 3.8) is 0 Å². The number of nitrogens with one attached hydrogen (secondary N) is 2. The minimum Gasteiger partial charge on any atom is -0.380 e.